The molecule has 0 aliphatic carbocycles. The Morgan fingerprint density at radius 2 is 2.00 bits per heavy atom. The van der Waals surface area contributed by atoms with Crippen LogP contribution in [0.2, 0.25) is 5.02 Å². The summed E-state index contributed by atoms with van der Waals surface area (Å²) in [7, 11) is 0. The summed E-state index contributed by atoms with van der Waals surface area (Å²) >= 11 is 5.87. The Balaban J connectivity index is 1.25. The maximum absolute atomic E-state index is 12.7. The van der Waals surface area contributed by atoms with Crippen molar-refractivity contribution in [1.82, 2.24) is 39.5 Å². The molecular weight excluding hydrogens is 454 g/mol. The third-order valence-corrected chi connectivity index (χ3v) is 6.23. The SMILES string of the molecule is N#CCC(CN1CCN(C(=O)c2ccc(Cl)cn2)CC1)n1cc(-c2ncnc3[nH]ccc23)cn1. The molecule has 5 heterocycles. The Morgan fingerprint density at radius 3 is 2.76 bits per heavy atom. The van der Waals surface area contributed by atoms with Crippen LogP contribution in [0.1, 0.15) is 23.0 Å². The van der Waals surface area contributed by atoms with Crippen LogP contribution >= 0.6 is 11.6 Å². The van der Waals surface area contributed by atoms with Crippen molar-refractivity contribution in [2.45, 2.75) is 12.5 Å². The molecule has 1 unspecified atom stereocenters. The molecule has 0 bridgehead atoms. The number of nitrogens with zero attached hydrogens (tertiary/aromatic N) is 8. The lowest BCUT2D eigenvalue weighted by Crippen LogP contribution is -2.50. The number of carbonyl (C=O) groups excluding carboxylic acids is 1. The van der Waals surface area contributed by atoms with Crippen LogP contribution in [0.4, 0.5) is 0 Å². The van der Waals surface area contributed by atoms with Crippen molar-refractivity contribution < 1.29 is 4.79 Å². The largest absolute Gasteiger partial charge is 0.346 e. The molecule has 0 saturated carbocycles. The highest BCUT2D eigenvalue weighted by Gasteiger charge is 2.25. The van der Waals surface area contributed by atoms with Gasteiger partial charge in [-0.25, -0.2) is 15.0 Å². The van der Waals surface area contributed by atoms with Gasteiger partial charge in [0.25, 0.3) is 5.91 Å². The van der Waals surface area contributed by atoms with Crippen LogP contribution in [0.25, 0.3) is 22.3 Å². The highest BCUT2D eigenvalue weighted by Crippen LogP contribution is 2.26. The van der Waals surface area contributed by atoms with E-state index < -0.39 is 0 Å². The zero-order valence-electron chi connectivity index (χ0n) is 18.3. The number of aromatic amines is 1. The average Bonchev–Trinajstić information content (AvgIpc) is 3.54. The monoisotopic (exact) mass is 475 g/mol. The number of H-pyrrole nitrogens is 1. The summed E-state index contributed by atoms with van der Waals surface area (Å²) in [6.07, 6.45) is 8.88. The molecule has 1 fully saturated rings. The molecule has 1 aliphatic rings. The summed E-state index contributed by atoms with van der Waals surface area (Å²) in [4.78, 5) is 32.7. The Kier molecular flexibility index (Phi) is 6.20. The van der Waals surface area contributed by atoms with Gasteiger partial charge in [0.2, 0.25) is 0 Å². The van der Waals surface area contributed by atoms with Gasteiger partial charge in [-0.3, -0.25) is 14.4 Å². The molecular formula is C23H22ClN9O. The highest BCUT2D eigenvalue weighted by atomic mass is 35.5. The number of hydrogen-bond donors (Lipinski definition) is 1. The lowest BCUT2D eigenvalue weighted by atomic mass is 10.1. The third-order valence-electron chi connectivity index (χ3n) is 6.00. The molecule has 1 atom stereocenters. The molecule has 0 spiro atoms. The first kappa shape index (κ1) is 22.0. The molecule has 0 aromatic carbocycles. The maximum atomic E-state index is 12.7. The van der Waals surface area contributed by atoms with Crippen molar-refractivity contribution in [2.75, 3.05) is 32.7 Å². The number of hydrogen-bond acceptors (Lipinski definition) is 7. The van der Waals surface area contributed by atoms with E-state index in [2.05, 4.69) is 36.0 Å². The van der Waals surface area contributed by atoms with Crippen molar-refractivity contribution in [3.05, 3.63) is 60.0 Å². The quantitative estimate of drug-likeness (QED) is 0.455. The van der Waals surface area contributed by atoms with Crippen LogP contribution in [0.15, 0.2) is 49.3 Å². The van der Waals surface area contributed by atoms with E-state index in [0.29, 0.717) is 49.9 Å². The van der Waals surface area contributed by atoms with Gasteiger partial charge in [-0.1, -0.05) is 11.6 Å². The number of amides is 1. The minimum atomic E-state index is -0.109. The fourth-order valence-corrected chi connectivity index (χ4v) is 4.32. The molecule has 5 rings (SSSR count). The van der Waals surface area contributed by atoms with Crippen molar-refractivity contribution in [3.63, 3.8) is 0 Å². The molecule has 4 aromatic rings. The smallest absolute Gasteiger partial charge is 0.272 e. The van der Waals surface area contributed by atoms with E-state index in [9.17, 15) is 10.1 Å². The van der Waals surface area contributed by atoms with Gasteiger partial charge in [-0.15, -0.1) is 0 Å². The van der Waals surface area contributed by atoms with E-state index in [-0.39, 0.29) is 11.9 Å². The Bertz CT molecular complexity index is 1330. The Labute approximate surface area is 200 Å². The summed E-state index contributed by atoms with van der Waals surface area (Å²) in [6.45, 7) is 3.29. The van der Waals surface area contributed by atoms with Crippen LogP contribution in [0.3, 0.4) is 0 Å². The van der Waals surface area contributed by atoms with Gasteiger partial charge < -0.3 is 9.88 Å². The van der Waals surface area contributed by atoms with E-state index in [1.54, 1.807) is 23.2 Å². The molecule has 1 amide bonds. The Morgan fingerprint density at radius 1 is 1.15 bits per heavy atom. The summed E-state index contributed by atoms with van der Waals surface area (Å²) in [5.74, 6) is -0.0949. The summed E-state index contributed by atoms with van der Waals surface area (Å²) in [5.41, 5.74) is 2.84. The number of halogens is 1. The second-order valence-electron chi connectivity index (χ2n) is 8.14. The molecule has 1 saturated heterocycles. The van der Waals surface area contributed by atoms with Gasteiger partial charge in [-0.05, 0) is 18.2 Å². The number of carbonyl (C=O) groups is 1. The highest BCUT2D eigenvalue weighted by molar-refractivity contribution is 6.30. The van der Waals surface area contributed by atoms with Crippen molar-refractivity contribution in [2.24, 2.45) is 0 Å². The molecule has 4 aromatic heterocycles. The lowest BCUT2D eigenvalue weighted by molar-refractivity contribution is 0.0611. The fourth-order valence-electron chi connectivity index (χ4n) is 4.21. The van der Waals surface area contributed by atoms with Crippen LogP contribution in [0, 0.1) is 11.3 Å². The zero-order chi connectivity index (χ0) is 23.5. The number of aromatic nitrogens is 6. The number of piperazine rings is 1. The standard InChI is InChI=1S/C23H22ClN9O/c24-17-1-2-20(27-12-17)23(34)32-9-7-31(8-10-32)14-18(3-5-25)33-13-16(11-30-33)21-19-4-6-26-22(19)29-15-28-21/h1-2,4,6,11-13,15,18H,3,7-10,14H2,(H,26,28,29). The predicted molar refractivity (Wildman–Crippen MR) is 126 cm³/mol. The number of rotatable bonds is 6. The number of nitriles is 1. The molecule has 11 heteroatoms. The number of fused-ring (bicyclic) bond motifs is 1. The van der Waals surface area contributed by atoms with E-state index >= 15 is 0 Å². The van der Waals surface area contributed by atoms with Gasteiger partial charge in [0.1, 0.15) is 17.7 Å². The summed E-state index contributed by atoms with van der Waals surface area (Å²) in [6, 6.07) is 7.43. The van der Waals surface area contributed by atoms with Gasteiger partial charge in [0.15, 0.2) is 0 Å². The summed E-state index contributed by atoms with van der Waals surface area (Å²) in [5, 5.41) is 15.4. The first-order chi connectivity index (χ1) is 16.6. The minimum absolute atomic E-state index is 0.0949. The molecule has 172 valence electrons. The lowest BCUT2D eigenvalue weighted by Gasteiger charge is -2.36. The fraction of sp³-hybridized carbons (Fsp3) is 0.304. The van der Waals surface area contributed by atoms with E-state index in [4.69, 9.17) is 11.6 Å². The van der Waals surface area contributed by atoms with Crippen LogP contribution in [-0.2, 0) is 0 Å². The third kappa shape index (κ3) is 4.48. The van der Waals surface area contributed by atoms with Crippen LogP contribution < -0.4 is 0 Å². The summed E-state index contributed by atoms with van der Waals surface area (Å²) < 4.78 is 1.84. The van der Waals surface area contributed by atoms with Gasteiger partial charge in [0, 0.05) is 62.3 Å². The minimum Gasteiger partial charge on any atom is -0.346 e. The average molecular weight is 476 g/mol. The van der Waals surface area contributed by atoms with E-state index in [0.717, 1.165) is 22.3 Å². The van der Waals surface area contributed by atoms with Crippen molar-refractivity contribution in [1.29, 1.82) is 5.26 Å². The van der Waals surface area contributed by atoms with Gasteiger partial charge in [0.05, 0.1) is 35.4 Å². The first-order valence-corrected chi connectivity index (χ1v) is 11.3. The van der Waals surface area contributed by atoms with Gasteiger partial charge in [-0.2, -0.15) is 10.4 Å². The van der Waals surface area contributed by atoms with Crippen LogP contribution in [0.5, 0.6) is 0 Å². The van der Waals surface area contributed by atoms with Crippen molar-refractivity contribution >= 4 is 28.5 Å². The van der Waals surface area contributed by atoms with Crippen LogP contribution in [-0.4, -0.2) is 78.1 Å². The van der Waals surface area contributed by atoms with Crippen molar-refractivity contribution in [3.8, 4) is 17.3 Å². The molecule has 1 N–H and O–H groups in total. The zero-order valence-corrected chi connectivity index (χ0v) is 19.1. The molecule has 1 aliphatic heterocycles. The second kappa shape index (κ2) is 9.59. The Hall–Kier alpha value is -3.81. The topological polar surface area (TPSA) is 120 Å². The number of nitrogens with one attached hydrogen (secondary N) is 1. The first-order valence-electron chi connectivity index (χ1n) is 10.9. The molecule has 34 heavy (non-hydrogen) atoms. The second-order valence-corrected chi connectivity index (χ2v) is 8.58. The predicted octanol–water partition coefficient (Wildman–Crippen LogP) is 2.78. The maximum Gasteiger partial charge on any atom is 0.272 e. The normalized spacial score (nSPS) is 15.4. The van der Waals surface area contributed by atoms with Gasteiger partial charge >= 0.3 is 0 Å². The van der Waals surface area contributed by atoms with E-state index in [1.807, 2.05) is 23.1 Å². The van der Waals surface area contributed by atoms with E-state index in [1.165, 1.54) is 12.5 Å². The molecule has 10 nitrogen and oxygen atoms in total. The number of pyridine rings is 1. The molecule has 0 radical (unpaired) electrons.